The predicted molar refractivity (Wildman–Crippen MR) is 114 cm³/mol. The Hall–Kier alpha value is -3.31. The van der Waals surface area contributed by atoms with Gasteiger partial charge in [-0.15, -0.1) is 0 Å². The average molecular weight is 406 g/mol. The quantitative estimate of drug-likeness (QED) is 0.462. The van der Waals surface area contributed by atoms with Gasteiger partial charge in [-0.3, -0.25) is 9.48 Å². The van der Waals surface area contributed by atoms with Gasteiger partial charge in [-0.1, -0.05) is 54.1 Å². The van der Waals surface area contributed by atoms with Gasteiger partial charge in [0.15, 0.2) is 5.76 Å². The zero-order chi connectivity index (χ0) is 20.4. The number of aryl methyl sites for hydroxylation is 1. The van der Waals surface area contributed by atoms with Crippen LogP contribution in [0.1, 0.15) is 27.7 Å². The Morgan fingerprint density at radius 3 is 2.34 bits per heavy atom. The summed E-state index contributed by atoms with van der Waals surface area (Å²) in [5.74, 6) is 0.590. The summed E-state index contributed by atoms with van der Waals surface area (Å²) in [5, 5.41) is 7.89. The number of carbonyl (C=O) groups is 1. The molecule has 2 aromatic heterocycles. The standard InChI is InChI=1S/C23H20ClN3O2/c1-15-22(24)16(2)27(26-15)14-20-12-13-21(29-20)23(28)25-19-10-8-18(9-11-19)17-6-4-3-5-7-17/h3-13H,14H2,1-2H3,(H,25,28). The maximum atomic E-state index is 12.5. The van der Waals surface area contributed by atoms with Gasteiger partial charge >= 0.3 is 0 Å². The largest absolute Gasteiger partial charge is 0.454 e. The highest BCUT2D eigenvalue weighted by molar-refractivity contribution is 6.31. The number of rotatable bonds is 5. The van der Waals surface area contributed by atoms with Crippen LogP contribution >= 0.6 is 11.6 Å². The molecule has 0 aliphatic carbocycles. The highest BCUT2D eigenvalue weighted by Crippen LogP contribution is 2.22. The maximum Gasteiger partial charge on any atom is 0.291 e. The lowest BCUT2D eigenvalue weighted by Crippen LogP contribution is -2.10. The third-order valence-corrected chi connectivity index (χ3v) is 5.28. The van der Waals surface area contributed by atoms with E-state index in [1.165, 1.54) is 0 Å². The first kappa shape index (κ1) is 19.0. The van der Waals surface area contributed by atoms with E-state index in [2.05, 4.69) is 10.4 Å². The molecular formula is C23H20ClN3O2. The highest BCUT2D eigenvalue weighted by Gasteiger charge is 2.14. The lowest BCUT2D eigenvalue weighted by atomic mass is 10.1. The van der Waals surface area contributed by atoms with Gasteiger partial charge < -0.3 is 9.73 Å². The van der Waals surface area contributed by atoms with Crippen LogP contribution in [0.15, 0.2) is 71.1 Å². The van der Waals surface area contributed by atoms with Crippen molar-refractivity contribution in [2.75, 3.05) is 5.32 Å². The van der Waals surface area contributed by atoms with Crippen LogP contribution in [-0.2, 0) is 6.54 Å². The molecule has 6 heteroatoms. The molecule has 4 aromatic rings. The number of aromatic nitrogens is 2. The molecule has 0 aliphatic rings. The number of carbonyl (C=O) groups excluding carboxylic acids is 1. The van der Waals surface area contributed by atoms with E-state index in [9.17, 15) is 4.79 Å². The van der Waals surface area contributed by atoms with Crippen LogP contribution in [0.3, 0.4) is 0 Å². The Bertz CT molecular complexity index is 1140. The van der Waals surface area contributed by atoms with Gasteiger partial charge in [-0.2, -0.15) is 5.10 Å². The fourth-order valence-corrected chi connectivity index (χ4v) is 3.27. The summed E-state index contributed by atoms with van der Waals surface area (Å²) in [6.07, 6.45) is 0. The van der Waals surface area contributed by atoms with Crippen molar-refractivity contribution in [3.05, 3.63) is 94.7 Å². The van der Waals surface area contributed by atoms with E-state index in [4.69, 9.17) is 16.0 Å². The third kappa shape index (κ3) is 4.10. The molecule has 0 saturated heterocycles. The molecule has 0 bridgehead atoms. The van der Waals surface area contributed by atoms with E-state index in [1.54, 1.807) is 16.8 Å². The number of nitrogens with one attached hydrogen (secondary N) is 1. The van der Waals surface area contributed by atoms with Crippen LogP contribution in [-0.4, -0.2) is 15.7 Å². The second kappa shape index (κ2) is 7.97. The molecule has 5 nitrogen and oxygen atoms in total. The molecule has 0 atom stereocenters. The fourth-order valence-electron chi connectivity index (χ4n) is 3.13. The number of hydrogen-bond donors (Lipinski definition) is 1. The molecule has 4 rings (SSSR count). The van der Waals surface area contributed by atoms with Crippen LogP contribution in [0.4, 0.5) is 5.69 Å². The number of benzene rings is 2. The number of nitrogens with zero attached hydrogens (tertiary/aromatic N) is 2. The topological polar surface area (TPSA) is 60.1 Å². The smallest absolute Gasteiger partial charge is 0.291 e. The second-order valence-corrected chi connectivity index (χ2v) is 7.18. The van der Waals surface area contributed by atoms with Gasteiger partial charge in [0, 0.05) is 5.69 Å². The molecule has 0 saturated carbocycles. The van der Waals surface area contributed by atoms with Crippen LogP contribution in [0.2, 0.25) is 5.02 Å². The molecule has 2 aromatic carbocycles. The van der Waals surface area contributed by atoms with Gasteiger partial charge in [0.25, 0.3) is 5.91 Å². The molecule has 0 fully saturated rings. The molecule has 2 heterocycles. The van der Waals surface area contributed by atoms with Crippen LogP contribution in [0.5, 0.6) is 0 Å². The van der Waals surface area contributed by atoms with Gasteiger partial charge in [-0.25, -0.2) is 0 Å². The first-order valence-corrected chi connectivity index (χ1v) is 9.64. The van der Waals surface area contributed by atoms with Gasteiger partial charge in [0.1, 0.15) is 5.76 Å². The summed E-state index contributed by atoms with van der Waals surface area (Å²) < 4.78 is 7.47. The van der Waals surface area contributed by atoms with Crippen molar-refractivity contribution in [1.29, 1.82) is 0 Å². The van der Waals surface area contributed by atoms with Crippen molar-refractivity contribution in [3.63, 3.8) is 0 Å². The molecule has 29 heavy (non-hydrogen) atoms. The highest BCUT2D eigenvalue weighted by atomic mass is 35.5. The van der Waals surface area contributed by atoms with Crippen molar-refractivity contribution < 1.29 is 9.21 Å². The maximum absolute atomic E-state index is 12.5. The lowest BCUT2D eigenvalue weighted by molar-refractivity contribution is 0.0994. The Kier molecular flexibility index (Phi) is 5.23. The first-order valence-electron chi connectivity index (χ1n) is 9.26. The van der Waals surface area contributed by atoms with E-state index >= 15 is 0 Å². The molecule has 146 valence electrons. The molecule has 1 N–H and O–H groups in total. The fraction of sp³-hybridized carbons (Fsp3) is 0.130. The van der Waals surface area contributed by atoms with E-state index in [0.717, 1.165) is 22.5 Å². The summed E-state index contributed by atoms with van der Waals surface area (Å²) in [4.78, 5) is 12.5. The lowest BCUT2D eigenvalue weighted by Gasteiger charge is -2.06. The van der Waals surface area contributed by atoms with E-state index in [-0.39, 0.29) is 11.7 Å². The number of furan rings is 1. The zero-order valence-electron chi connectivity index (χ0n) is 16.1. The zero-order valence-corrected chi connectivity index (χ0v) is 16.9. The summed E-state index contributed by atoms with van der Waals surface area (Å²) in [6.45, 7) is 4.17. The number of anilines is 1. The van der Waals surface area contributed by atoms with Crippen LogP contribution < -0.4 is 5.32 Å². The van der Waals surface area contributed by atoms with Gasteiger partial charge in [0.2, 0.25) is 0 Å². The van der Waals surface area contributed by atoms with Crippen LogP contribution in [0, 0.1) is 13.8 Å². The number of halogens is 1. The second-order valence-electron chi connectivity index (χ2n) is 6.81. The Morgan fingerprint density at radius 2 is 1.69 bits per heavy atom. The summed E-state index contributed by atoms with van der Waals surface area (Å²) >= 11 is 6.18. The van der Waals surface area contributed by atoms with E-state index in [1.807, 2.05) is 68.4 Å². The average Bonchev–Trinajstić information content (AvgIpc) is 3.30. The molecule has 0 aliphatic heterocycles. The Balaban J connectivity index is 1.43. The van der Waals surface area contributed by atoms with Gasteiger partial charge in [0.05, 0.1) is 23.0 Å². The number of hydrogen-bond acceptors (Lipinski definition) is 3. The SMILES string of the molecule is Cc1nn(Cc2ccc(C(=O)Nc3ccc(-c4ccccc4)cc3)o2)c(C)c1Cl. The van der Waals surface area contributed by atoms with Crippen LogP contribution in [0.25, 0.3) is 11.1 Å². The van der Waals surface area contributed by atoms with E-state index in [0.29, 0.717) is 23.0 Å². The molecular weight excluding hydrogens is 386 g/mol. The molecule has 0 unspecified atom stereocenters. The van der Waals surface area contributed by atoms with Crippen molar-refractivity contribution >= 4 is 23.2 Å². The monoisotopic (exact) mass is 405 g/mol. The minimum Gasteiger partial charge on any atom is -0.454 e. The first-order chi connectivity index (χ1) is 14.0. The Labute approximate surface area is 173 Å². The van der Waals surface area contributed by atoms with E-state index < -0.39 is 0 Å². The Morgan fingerprint density at radius 1 is 1.00 bits per heavy atom. The number of amides is 1. The van der Waals surface area contributed by atoms with Gasteiger partial charge in [-0.05, 0) is 49.2 Å². The minimum atomic E-state index is -0.296. The summed E-state index contributed by atoms with van der Waals surface area (Å²) in [7, 11) is 0. The van der Waals surface area contributed by atoms with Crippen molar-refractivity contribution in [2.45, 2.75) is 20.4 Å². The molecule has 0 spiro atoms. The van der Waals surface area contributed by atoms with Crippen molar-refractivity contribution in [3.8, 4) is 11.1 Å². The normalized spacial score (nSPS) is 10.9. The summed E-state index contributed by atoms with van der Waals surface area (Å²) in [6, 6.07) is 21.2. The minimum absolute atomic E-state index is 0.250. The summed E-state index contributed by atoms with van der Waals surface area (Å²) in [5.41, 5.74) is 4.56. The molecule has 0 radical (unpaired) electrons. The predicted octanol–water partition coefficient (Wildman–Crippen LogP) is 5.71. The molecule has 1 amide bonds. The van der Waals surface area contributed by atoms with Crippen molar-refractivity contribution in [1.82, 2.24) is 9.78 Å². The van der Waals surface area contributed by atoms with Crippen molar-refractivity contribution in [2.24, 2.45) is 0 Å². The third-order valence-electron chi connectivity index (χ3n) is 4.73.